The van der Waals surface area contributed by atoms with Gasteiger partial charge in [0.25, 0.3) is 0 Å². The summed E-state index contributed by atoms with van der Waals surface area (Å²) in [6.45, 7) is 3.81. The van der Waals surface area contributed by atoms with Crippen LogP contribution in [0.4, 0.5) is 8.78 Å². The van der Waals surface area contributed by atoms with Gasteiger partial charge >= 0.3 is 6.55 Å². The molecular formula is C18H21F2N5O. The van der Waals surface area contributed by atoms with Gasteiger partial charge in [-0.3, -0.25) is 14.4 Å². The van der Waals surface area contributed by atoms with E-state index in [0.717, 1.165) is 48.7 Å². The van der Waals surface area contributed by atoms with Crippen LogP contribution in [0.15, 0.2) is 34.9 Å². The SMILES string of the molecule is Cc1cc(CN2CCN(Cc3nc4ccccc4n3C(F)F)CC2)no1. The van der Waals surface area contributed by atoms with Crippen molar-refractivity contribution in [1.29, 1.82) is 0 Å². The Bertz CT molecular complexity index is 883. The molecule has 1 aliphatic heterocycles. The Morgan fingerprint density at radius 1 is 1.08 bits per heavy atom. The van der Waals surface area contributed by atoms with Crippen molar-refractivity contribution in [2.45, 2.75) is 26.6 Å². The highest BCUT2D eigenvalue weighted by atomic mass is 19.3. The summed E-state index contributed by atoms with van der Waals surface area (Å²) < 4.78 is 33.2. The van der Waals surface area contributed by atoms with Gasteiger partial charge in [-0.25, -0.2) is 4.98 Å². The van der Waals surface area contributed by atoms with E-state index in [9.17, 15) is 8.78 Å². The zero-order valence-electron chi connectivity index (χ0n) is 14.6. The lowest BCUT2D eigenvalue weighted by atomic mass is 10.2. The summed E-state index contributed by atoms with van der Waals surface area (Å²) >= 11 is 0. The van der Waals surface area contributed by atoms with E-state index in [0.29, 0.717) is 23.4 Å². The fraction of sp³-hybridized carbons (Fsp3) is 0.444. The summed E-state index contributed by atoms with van der Waals surface area (Å²) in [4.78, 5) is 8.89. The molecule has 1 aliphatic rings. The summed E-state index contributed by atoms with van der Waals surface area (Å²) in [5.41, 5.74) is 2.02. The van der Waals surface area contributed by atoms with Gasteiger partial charge in [0, 0.05) is 38.8 Å². The summed E-state index contributed by atoms with van der Waals surface area (Å²) in [6, 6.07) is 8.99. The number of benzene rings is 1. The maximum Gasteiger partial charge on any atom is 0.320 e. The third-order valence-electron chi connectivity index (χ3n) is 4.76. The Balaban J connectivity index is 1.41. The van der Waals surface area contributed by atoms with Crippen molar-refractivity contribution in [3.05, 3.63) is 47.6 Å². The zero-order valence-corrected chi connectivity index (χ0v) is 14.6. The molecular weight excluding hydrogens is 340 g/mol. The number of rotatable bonds is 5. The van der Waals surface area contributed by atoms with Crippen LogP contribution in [0.2, 0.25) is 0 Å². The van der Waals surface area contributed by atoms with E-state index in [1.807, 2.05) is 19.1 Å². The molecule has 0 saturated carbocycles. The van der Waals surface area contributed by atoms with Gasteiger partial charge in [-0.05, 0) is 19.1 Å². The molecule has 0 bridgehead atoms. The monoisotopic (exact) mass is 361 g/mol. The van der Waals surface area contributed by atoms with Crippen LogP contribution in [-0.2, 0) is 13.1 Å². The van der Waals surface area contributed by atoms with Gasteiger partial charge in [0.2, 0.25) is 0 Å². The quantitative estimate of drug-likeness (QED) is 0.699. The van der Waals surface area contributed by atoms with E-state index in [2.05, 4.69) is 19.9 Å². The highest BCUT2D eigenvalue weighted by molar-refractivity contribution is 5.75. The molecule has 6 nitrogen and oxygen atoms in total. The summed E-state index contributed by atoms with van der Waals surface area (Å²) in [5, 5.41) is 4.02. The first-order chi connectivity index (χ1) is 12.6. The van der Waals surface area contributed by atoms with Crippen molar-refractivity contribution in [2.24, 2.45) is 0 Å². The molecule has 0 amide bonds. The lowest BCUT2D eigenvalue weighted by Gasteiger charge is -2.34. The number of aromatic nitrogens is 3. The third-order valence-corrected chi connectivity index (χ3v) is 4.76. The second kappa shape index (κ2) is 7.13. The van der Waals surface area contributed by atoms with Gasteiger partial charge in [-0.15, -0.1) is 0 Å². The van der Waals surface area contributed by atoms with Gasteiger partial charge in [0.1, 0.15) is 11.6 Å². The average molecular weight is 361 g/mol. The molecule has 2 aromatic heterocycles. The maximum atomic E-state index is 13.5. The molecule has 0 spiro atoms. The molecule has 0 atom stereocenters. The minimum absolute atomic E-state index is 0.418. The molecule has 1 fully saturated rings. The van der Waals surface area contributed by atoms with Gasteiger partial charge in [-0.2, -0.15) is 8.78 Å². The molecule has 0 unspecified atom stereocenters. The van der Waals surface area contributed by atoms with Crippen LogP contribution in [0.1, 0.15) is 23.8 Å². The van der Waals surface area contributed by atoms with Crippen molar-refractivity contribution in [3.8, 4) is 0 Å². The first kappa shape index (κ1) is 17.1. The Morgan fingerprint density at radius 3 is 2.42 bits per heavy atom. The van der Waals surface area contributed by atoms with Gasteiger partial charge in [-0.1, -0.05) is 17.3 Å². The molecule has 138 valence electrons. The summed E-state index contributed by atoms with van der Waals surface area (Å²) in [6.07, 6.45) is 0. The number of alkyl halides is 2. The van der Waals surface area contributed by atoms with Crippen LogP contribution in [-0.4, -0.2) is 50.7 Å². The van der Waals surface area contributed by atoms with E-state index >= 15 is 0 Å². The molecule has 1 aromatic carbocycles. The lowest BCUT2D eigenvalue weighted by Crippen LogP contribution is -2.45. The van der Waals surface area contributed by atoms with Crippen LogP contribution in [0.5, 0.6) is 0 Å². The van der Waals surface area contributed by atoms with Crippen molar-refractivity contribution >= 4 is 11.0 Å². The first-order valence-electron chi connectivity index (χ1n) is 8.71. The molecule has 0 radical (unpaired) electrons. The minimum atomic E-state index is -2.59. The first-order valence-corrected chi connectivity index (χ1v) is 8.71. The predicted octanol–water partition coefficient (Wildman–Crippen LogP) is 3.05. The number of hydrogen-bond donors (Lipinski definition) is 0. The Kier molecular flexibility index (Phi) is 4.69. The van der Waals surface area contributed by atoms with Crippen molar-refractivity contribution in [1.82, 2.24) is 24.5 Å². The fourth-order valence-electron chi connectivity index (χ4n) is 3.45. The van der Waals surface area contributed by atoms with Crippen LogP contribution in [0.25, 0.3) is 11.0 Å². The highest BCUT2D eigenvalue weighted by Crippen LogP contribution is 2.24. The Labute approximate surface area is 150 Å². The highest BCUT2D eigenvalue weighted by Gasteiger charge is 2.23. The second-order valence-electron chi connectivity index (χ2n) is 6.65. The Morgan fingerprint density at radius 2 is 1.77 bits per heavy atom. The van der Waals surface area contributed by atoms with Crippen LogP contribution >= 0.6 is 0 Å². The largest absolute Gasteiger partial charge is 0.361 e. The normalized spacial score (nSPS) is 16.8. The molecule has 26 heavy (non-hydrogen) atoms. The van der Waals surface area contributed by atoms with Gasteiger partial charge in [0.05, 0.1) is 23.3 Å². The number of hydrogen-bond acceptors (Lipinski definition) is 5. The number of halogens is 2. The Hall–Kier alpha value is -2.32. The van der Waals surface area contributed by atoms with Gasteiger partial charge in [0.15, 0.2) is 0 Å². The van der Waals surface area contributed by atoms with Crippen molar-refractivity contribution in [3.63, 3.8) is 0 Å². The maximum absolute atomic E-state index is 13.5. The molecule has 0 N–H and O–H groups in total. The summed E-state index contributed by atoms with van der Waals surface area (Å²) in [7, 11) is 0. The third kappa shape index (κ3) is 3.47. The van der Waals surface area contributed by atoms with Crippen LogP contribution in [0.3, 0.4) is 0 Å². The predicted molar refractivity (Wildman–Crippen MR) is 92.8 cm³/mol. The van der Waals surface area contributed by atoms with Crippen molar-refractivity contribution < 1.29 is 13.3 Å². The van der Waals surface area contributed by atoms with E-state index in [4.69, 9.17) is 4.52 Å². The number of imidazole rings is 1. The van der Waals surface area contributed by atoms with E-state index < -0.39 is 6.55 Å². The number of nitrogens with zero attached hydrogens (tertiary/aromatic N) is 5. The number of aryl methyl sites for hydroxylation is 1. The minimum Gasteiger partial charge on any atom is -0.361 e. The average Bonchev–Trinajstić information content (AvgIpc) is 3.19. The molecule has 3 heterocycles. The molecule has 4 rings (SSSR count). The van der Waals surface area contributed by atoms with Crippen LogP contribution < -0.4 is 0 Å². The summed E-state index contributed by atoms with van der Waals surface area (Å²) in [5.74, 6) is 1.23. The van der Waals surface area contributed by atoms with Gasteiger partial charge < -0.3 is 4.52 Å². The van der Waals surface area contributed by atoms with Crippen LogP contribution in [0, 0.1) is 6.92 Å². The smallest absolute Gasteiger partial charge is 0.320 e. The standard InChI is InChI=1S/C18H21F2N5O/c1-13-10-14(22-26-13)11-23-6-8-24(9-7-23)12-17-21-15-4-2-3-5-16(15)25(17)18(19)20/h2-5,10,18H,6-9,11-12H2,1H3. The van der Waals surface area contributed by atoms with E-state index in [1.165, 1.54) is 0 Å². The molecule has 1 saturated heterocycles. The number of fused-ring (bicyclic) bond motifs is 1. The lowest BCUT2D eigenvalue weighted by molar-refractivity contribution is 0.0643. The molecule has 0 aliphatic carbocycles. The topological polar surface area (TPSA) is 50.3 Å². The second-order valence-corrected chi connectivity index (χ2v) is 6.65. The van der Waals surface area contributed by atoms with E-state index in [-0.39, 0.29) is 0 Å². The van der Waals surface area contributed by atoms with E-state index in [1.54, 1.807) is 18.2 Å². The molecule has 8 heteroatoms. The number of piperazine rings is 1. The van der Waals surface area contributed by atoms with Crippen molar-refractivity contribution in [2.75, 3.05) is 26.2 Å². The fourth-order valence-corrected chi connectivity index (χ4v) is 3.45. The zero-order chi connectivity index (χ0) is 18.1. The molecule has 3 aromatic rings. The number of para-hydroxylation sites is 2.